The fourth-order valence-corrected chi connectivity index (χ4v) is 1.15. The van der Waals surface area contributed by atoms with Crippen LogP contribution in [0.1, 0.15) is 6.92 Å². The summed E-state index contributed by atoms with van der Waals surface area (Å²) in [6.07, 6.45) is 3.51. The van der Waals surface area contributed by atoms with Gasteiger partial charge in [0.2, 0.25) is 0 Å². The number of fused-ring (bicyclic) bond motifs is 1. The molecule has 0 bridgehead atoms. The molecule has 0 fully saturated rings. The Morgan fingerprint density at radius 1 is 1.42 bits per heavy atom. The summed E-state index contributed by atoms with van der Waals surface area (Å²) in [4.78, 5) is 4.14. The summed E-state index contributed by atoms with van der Waals surface area (Å²) in [5, 5.41) is 7.33. The lowest BCUT2D eigenvalue weighted by molar-refractivity contribution is 0.932. The van der Waals surface area contributed by atoms with Crippen molar-refractivity contribution >= 4 is 11.5 Å². The molecule has 0 saturated carbocycles. The Balaban J connectivity index is 2.57. The van der Waals surface area contributed by atoms with Crippen molar-refractivity contribution in [2.75, 3.05) is 11.9 Å². The lowest BCUT2D eigenvalue weighted by atomic mass is 10.5. The lowest BCUT2D eigenvalue weighted by Crippen LogP contribution is -2.03. The van der Waals surface area contributed by atoms with Gasteiger partial charge in [0.15, 0.2) is 5.65 Å². The Bertz CT molecular complexity index is 379. The largest absolute Gasteiger partial charge is 0.370 e. The molecule has 0 aliphatic heterocycles. The molecule has 4 nitrogen and oxygen atoms in total. The van der Waals surface area contributed by atoms with E-state index in [4.69, 9.17) is 0 Å². The Morgan fingerprint density at radius 3 is 3.17 bits per heavy atom. The first kappa shape index (κ1) is 7.09. The van der Waals surface area contributed by atoms with Gasteiger partial charge in [0.1, 0.15) is 5.82 Å². The average molecular weight is 162 g/mol. The Kier molecular flexibility index (Phi) is 1.66. The number of hydrogen-bond acceptors (Lipinski definition) is 3. The van der Waals surface area contributed by atoms with Crippen molar-refractivity contribution in [1.29, 1.82) is 0 Å². The molecule has 0 unspecified atom stereocenters. The smallest absolute Gasteiger partial charge is 0.157 e. The van der Waals surface area contributed by atoms with E-state index in [0.29, 0.717) is 0 Å². The van der Waals surface area contributed by atoms with Gasteiger partial charge >= 0.3 is 0 Å². The van der Waals surface area contributed by atoms with Crippen LogP contribution in [0.4, 0.5) is 5.82 Å². The number of nitrogens with zero attached hydrogens (tertiary/aromatic N) is 3. The van der Waals surface area contributed by atoms with Crippen molar-refractivity contribution < 1.29 is 0 Å². The predicted molar refractivity (Wildman–Crippen MR) is 47.2 cm³/mol. The van der Waals surface area contributed by atoms with Crippen LogP contribution in [0.15, 0.2) is 24.5 Å². The molecule has 62 valence electrons. The minimum absolute atomic E-state index is 0.869. The van der Waals surface area contributed by atoms with E-state index in [2.05, 4.69) is 22.3 Å². The second-order valence-electron chi connectivity index (χ2n) is 2.46. The van der Waals surface area contributed by atoms with Crippen LogP contribution in [0.25, 0.3) is 5.65 Å². The first-order valence-electron chi connectivity index (χ1n) is 3.94. The monoisotopic (exact) mass is 162 g/mol. The normalized spacial score (nSPS) is 10.4. The molecule has 0 radical (unpaired) electrons. The molecule has 2 aromatic heterocycles. The maximum Gasteiger partial charge on any atom is 0.157 e. The summed E-state index contributed by atoms with van der Waals surface area (Å²) in [5.41, 5.74) is 0.869. The summed E-state index contributed by atoms with van der Waals surface area (Å²) in [6.45, 7) is 2.94. The molecule has 2 rings (SSSR count). The van der Waals surface area contributed by atoms with Gasteiger partial charge in [-0.15, -0.1) is 0 Å². The predicted octanol–water partition coefficient (Wildman–Crippen LogP) is 1.16. The number of nitrogens with one attached hydrogen (secondary N) is 1. The van der Waals surface area contributed by atoms with Crippen molar-refractivity contribution in [2.24, 2.45) is 0 Å². The van der Waals surface area contributed by atoms with Crippen molar-refractivity contribution in [3.05, 3.63) is 24.5 Å². The summed E-state index contributed by atoms with van der Waals surface area (Å²) < 4.78 is 1.78. The highest BCUT2D eigenvalue weighted by Gasteiger charge is 1.98. The summed E-state index contributed by atoms with van der Waals surface area (Å²) >= 11 is 0. The number of anilines is 1. The highest BCUT2D eigenvalue weighted by atomic mass is 15.3. The third-order valence-electron chi connectivity index (χ3n) is 1.65. The fourth-order valence-electron chi connectivity index (χ4n) is 1.15. The first-order valence-corrected chi connectivity index (χ1v) is 3.94. The van der Waals surface area contributed by atoms with E-state index in [0.717, 1.165) is 18.0 Å². The third-order valence-corrected chi connectivity index (χ3v) is 1.65. The van der Waals surface area contributed by atoms with Crippen LogP contribution in [-0.4, -0.2) is 21.1 Å². The molecule has 0 aliphatic rings. The maximum absolute atomic E-state index is 4.14. The van der Waals surface area contributed by atoms with E-state index in [1.165, 1.54) is 0 Å². The van der Waals surface area contributed by atoms with Crippen molar-refractivity contribution in [1.82, 2.24) is 14.6 Å². The summed E-state index contributed by atoms with van der Waals surface area (Å²) in [5.74, 6) is 0.979. The Morgan fingerprint density at radius 2 is 2.33 bits per heavy atom. The van der Waals surface area contributed by atoms with Gasteiger partial charge in [-0.2, -0.15) is 9.61 Å². The van der Waals surface area contributed by atoms with Crippen LogP contribution in [0.2, 0.25) is 0 Å². The van der Waals surface area contributed by atoms with Gasteiger partial charge in [-0.05, 0) is 13.0 Å². The van der Waals surface area contributed by atoms with Gasteiger partial charge in [0, 0.05) is 18.8 Å². The molecular formula is C8H10N4. The summed E-state index contributed by atoms with van der Waals surface area (Å²) in [6, 6.07) is 3.78. The minimum Gasteiger partial charge on any atom is -0.370 e. The molecule has 0 atom stereocenters. The van der Waals surface area contributed by atoms with Gasteiger partial charge in [-0.25, -0.2) is 4.98 Å². The van der Waals surface area contributed by atoms with Crippen LogP contribution in [0.3, 0.4) is 0 Å². The maximum atomic E-state index is 4.14. The Hall–Kier alpha value is -1.58. The van der Waals surface area contributed by atoms with Gasteiger partial charge < -0.3 is 5.32 Å². The van der Waals surface area contributed by atoms with Crippen molar-refractivity contribution in [3.8, 4) is 0 Å². The zero-order valence-corrected chi connectivity index (χ0v) is 6.86. The highest BCUT2D eigenvalue weighted by Crippen LogP contribution is 2.07. The molecular weight excluding hydrogens is 152 g/mol. The number of aromatic nitrogens is 3. The quantitative estimate of drug-likeness (QED) is 0.720. The third kappa shape index (κ3) is 1.01. The molecule has 0 spiro atoms. The van der Waals surface area contributed by atoms with Crippen LogP contribution < -0.4 is 5.32 Å². The number of rotatable bonds is 2. The fraction of sp³-hybridized carbons (Fsp3) is 0.250. The molecule has 1 N–H and O–H groups in total. The van der Waals surface area contributed by atoms with E-state index in [9.17, 15) is 0 Å². The molecule has 12 heavy (non-hydrogen) atoms. The van der Waals surface area contributed by atoms with Crippen LogP contribution in [0, 0.1) is 0 Å². The van der Waals surface area contributed by atoms with Crippen molar-refractivity contribution in [3.63, 3.8) is 0 Å². The Labute approximate surface area is 70.2 Å². The zero-order valence-electron chi connectivity index (χ0n) is 6.86. The molecule has 2 heterocycles. The van der Waals surface area contributed by atoms with Gasteiger partial charge in [0.05, 0.1) is 6.20 Å². The van der Waals surface area contributed by atoms with Gasteiger partial charge in [0.25, 0.3) is 0 Å². The zero-order chi connectivity index (χ0) is 8.39. The number of hydrogen-bond donors (Lipinski definition) is 1. The molecule has 0 amide bonds. The van der Waals surface area contributed by atoms with E-state index in [1.807, 2.05) is 12.1 Å². The molecule has 0 aromatic carbocycles. The van der Waals surface area contributed by atoms with E-state index < -0.39 is 0 Å². The standard InChI is InChI=1S/C8H10N4/c1-2-9-7-3-5-10-8-4-6-11-12(7)8/h3-6,9H,2H2,1H3. The molecule has 2 aromatic rings. The van der Waals surface area contributed by atoms with E-state index >= 15 is 0 Å². The van der Waals surface area contributed by atoms with Crippen LogP contribution in [0.5, 0.6) is 0 Å². The lowest BCUT2D eigenvalue weighted by Gasteiger charge is -2.03. The van der Waals surface area contributed by atoms with Crippen molar-refractivity contribution in [2.45, 2.75) is 6.92 Å². The molecule has 0 aliphatic carbocycles. The van der Waals surface area contributed by atoms with Gasteiger partial charge in [-0.1, -0.05) is 0 Å². The van der Waals surface area contributed by atoms with Gasteiger partial charge in [-0.3, -0.25) is 0 Å². The first-order chi connectivity index (χ1) is 5.92. The summed E-state index contributed by atoms with van der Waals surface area (Å²) in [7, 11) is 0. The second kappa shape index (κ2) is 2.81. The highest BCUT2D eigenvalue weighted by molar-refractivity contribution is 5.46. The second-order valence-corrected chi connectivity index (χ2v) is 2.46. The molecule has 4 heteroatoms. The van der Waals surface area contributed by atoms with E-state index in [-0.39, 0.29) is 0 Å². The average Bonchev–Trinajstić information content (AvgIpc) is 2.53. The van der Waals surface area contributed by atoms with Crippen LogP contribution >= 0.6 is 0 Å². The SMILES string of the molecule is CCNc1ccnc2ccnn12. The minimum atomic E-state index is 0.869. The van der Waals surface area contributed by atoms with Crippen LogP contribution in [-0.2, 0) is 0 Å². The van der Waals surface area contributed by atoms with E-state index in [1.54, 1.807) is 16.9 Å². The molecule has 0 saturated heterocycles. The topological polar surface area (TPSA) is 42.2 Å².